The predicted octanol–water partition coefficient (Wildman–Crippen LogP) is 3.10. The SMILES string of the molecule is COc1ccc(NC(=O)CNC(=O)CN(Cc2ccccc2)C(=O)c2ccccc2OC)cc1. The van der Waals surface area contributed by atoms with E-state index in [4.69, 9.17) is 9.47 Å². The number of carbonyl (C=O) groups excluding carboxylic acids is 3. The van der Waals surface area contributed by atoms with E-state index in [9.17, 15) is 14.4 Å². The average Bonchev–Trinajstić information content (AvgIpc) is 2.87. The maximum atomic E-state index is 13.3. The minimum absolute atomic E-state index is 0.221. The second-order valence-electron chi connectivity index (χ2n) is 7.40. The molecule has 8 nitrogen and oxygen atoms in total. The van der Waals surface area contributed by atoms with E-state index >= 15 is 0 Å². The highest BCUT2D eigenvalue weighted by Gasteiger charge is 2.22. The topological polar surface area (TPSA) is 97.0 Å². The summed E-state index contributed by atoms with van der Waals surface area (Å²) < 4.78 is 10.4. The Bertz CT molecular complexity index is 1120. The first kappa shape index (κ1) is 24.3. The number of rotatable bonds is 10. The molecular formula is C26H27N3O5. The van der Waals surface area contributed by atoms with Crippen LogP contribution >= 0.6 is 0 Å². The monoisotopic (exact) mass is 461 g/mol. The Hall–Kier alpha value is -4.33. The molecule has 0 radical (unpaired) electrons. The Morgan fingerprint density at radius 3 is 2.15 bits per heavy atom. The molecule has 0 aliphatic carbocycles. The number of para-hydroxylation sites is 1. The van der Waals surface area contributed by atoms with Gasteiger partial charge in [-0.05, 0) is 42.0 Å². The van der Waals surface area contributed by atoms with E-state index in [0.717, 1.165) is 5.56 Å². The van der Waals surface area contributed by atoms with Crippen LogP contribution in [0.25, 0.3) is 0 Å². The van der Waals surface area contributed by atoms with Crippen LogP contribution in [-0.2, 0) is 16.1 Å². The van der Waals surface area contributed by atoms with Gasteiger partial charge in [-0.1, -0.05) is 42.5 Å². The van der Waals surface area contributed by atoms with Crippen LogP contribution in [0, 0.1) is 0 Å². The quantitative estimate of drug-likeness (QED) is 0.484. The standard InChI is InChI=1S/C26H27N3O5/c1-33-21-14-12-20(13-15-21)28-24(30)16-27-25(31)18-29(17-19-8-4-3-5-9-19)26(32)22-10-6-7-11-23(22)34-2/h3-15H,16-18H2,1-2H3,(H,27,31)(H,28,30). The lowest BCUT2D eigenvalue weighted by atomic mass is 10.1. The van der Waals surface area contributed by atoms with Gasteiger partial charge in [0.05, 0.1) is 26.3 Å². The van der Waals surface area contributed by atoms with Crippen LogP contribution in [0.2, 0.25) is 0 Å². The molecule has 3 aromatic rings. The third-order valence-electron chi connectivity index (χ3n) is 5.00. The molecule has 0 unspecified atom stereocenters. The summed E-state index contributed by atoms with van der Waals surface area (Å²) >= 11 is 0. The van der Waals surface area contributed by atoms with Gasteiger partial charge in [0.25, 0.3) is 5.91 Å². The number of benzene rings is 3. The Morgan fingerprint density at radius 1 is 0.794 bits per heavy atom. The van der Waals surface area contributed by atoms with Gasteiger partial charge >= 0.3 is 0 Å². The zero-order valence-electron chi connectivity index (χ0n) is 19.1. The van der Waals surface area contributed by atoms with Gasteiger partial charge in [0.2, 0.25) is 11.8 Å². The average molecular weight is 462 g/mol. The number of methoxy groups -OCH3 is 2. The van der Waals surface area contributed by atoms with Gasteiger partial charge in [-0.3, -0.25) is 14.4 Å². The fourth-order valence-corrected chi connectivity index (χ4v) is 3.28. The van der Waals surface area contributed by atoms with Crippen molar-refractivity contribution in [2.24, 2.45) is 0 Å². The van der Waals surface area contributed by atoms with E-state index in [1.54, 1.807) is 55.6 Å². The summed E-state index contributed by atoms with van der Waals surface area (Å²) in [7, 11) is 3.05. The molecule has 0 saturated heterocycles. The summed E-state index contributed by atoms with van der Waals surface area (Å²) in [4.78, 5) is 39.6. The van der Waals surface area contributed by atoms with Gasteiger partial charge in [0.1, 0.15) is 18.0 Å². The highest BCUT2D eigenvalue weighted by atomic mass is 16.5. The summed E-state index contributed by atoms with van der Waals surface area (Å²) in [6.45, 7) is -0.225. The number of amides is 3. The summed E-state index contributed by atoms with van der Waals surface area (Å²) in [6.07, 6.45) is 0. The lowest BCUT2D eigenvalue weighted by molar-refractivity contribution is -0.124. The molecule has 2 N–H and O–H groups in total. The molecule has 3 aromatic carbocycles. The highest BCUT2D eigenvalue weighted by Crippen LogP contribution is 2.20. The largest absolute Gasteiger partial charge is 0.497 e. The molecule has 34 heavy (non-hydrogen) atoms. The van der Waals surface area contributed by atoms with Crippen molar-refractivity contribution in [2.45, 2.75) is 6.54 Å². The maximum Gasteiger partial charge on any atom is 0.258 e. The summed E-state index contributed by atoms with van der Waals surface area (Å²) in [5.41, 5.74) is 1.80. The van der Waals surface area contributed by atoms with Crippen molar-refractivity contribution in [3.05, 3.63) is 90.0 Å². The zero-order valence-corrected chi connectivity index (χ0v) is 19.1. The van der Waals surface area contributed by atoms with Crippen molar-refractivity contribution >= 4 is 23.4 Å². The van der Waals surface area contributed by atoms with E-state index in [2.05, 4.69) is 10.6 Å². The number of carbonyl (C=O) groups is 3. The van der Waals surface area contributed by atoms with E-state index in [0.29, 0.717) is 22.7 Å². The van der Waals surface area contributed by atoms with Gasteiger partial charge in [-0.2, -0.15) is 0 Å². The number of hydrogen-bond acceptors (Lipinski definition) is 5. The number of nitrogens with zero attached hydrogens (tertiary/aromatic N) is 1. The Kier molecular flexibility index (Phi) is 8.62. The molecule has 176 valence electrons. The van der Waals surface area contributed by atoms with Crippen LogP contribution in [0.1, 0.15) is 15.9 Å². The molecule has 0 heterocycles. The van der Waals surface area contributed by atoms with Crippen LogP contribution in [-0.4, -0.2) is 49.9 Å². The normalized spacial score (nSPS) is 10.2. The third kappa shape index (κ3) is 6.83. The van der Waals surface area contributed by atoms with Crippen molar-refractivity contribution in [2.75, 3.05) is 32.6 Å². The molecule has 8 heteroatoms. The first-order chi connectivity index (χ1) is 16.5. The molecule has 0 aliphatic rings. The fraction of sp³-hybridized carbons (Fsp3) is 0.192. The smallest absolute Gasteiger partial charge is 0.258 e. The first-order valence-electron chi connectivity index (χ1n) is 10.7. The first-order valence-corrected chi connectivity index (χ1v) is 10.7. The molecule has 0 fully saturated rings. The van der Waals surface area contributed by atoms with Gasteiger partial charge in [0.15, 0.2) is 0 Å². The van der Waals surface area contributed by atoms with Gasteiger partial charge in [-0.25, -0.2) is 0 Å². The fourth-order valence-electron chi connectivity index (χ4n) is 3.28. The van der Waals surface area contributed by atoms with E-state index in [1.165, 1.54) is 12.0 Å². The molecule has 0 aromatic heterocycles. The molecule has 0 spiro atoms. The number of nitrogens with one attached hydrogen (secondary N) is 2. The summed E-state index contributed by atoms with van der Waals surface area (Å²) in [5, 5.41) is 5.27. The van der Waals surface area contributed by atoms with E-state index < -0.39 is 5.91 Å². The minimum atomic E-state index is -0.455. The van der Waals surface area contributed by atoms with Crippen LogP contribution in [0.15, 0.2) is 78.9 Å². The van der Waals surface area contributed by atoms with Crippen LogP contribution in [0.4, 0.5) is 5.69 Å². The van der Waals surface area contributed by atoms with Crippen LogP contribution < -0.4 is 20.1 Å². The van der Waals surface area contributed by atoms with Crippen molar-refractivity contribution in [3.8, 4) is 11.5 Å². The molecule has 3 amide bonds. The number of hydrogen-bond donors (Lipinski definition) is 2. The van der Waals surface area contributed by atoms with Crippen LogP contribution in [0.3, 0.4) is 0 Å². The van der Waals surface area contributed by atoms with E-state index in [1.807, 2.05) is 30.3 Å². The molecule has 0 saturated carbocycles. The number of anilines is 1. The van der Waals surface area contributed by atoms with Crippen LogP contribution in [0.5, 0.6) is 11.5 Å². The van der Waals surface area contributed by atoms with Crippen molar-refractivity contribution in [3.63, 3.8) is 0 Å². The molecule has 3 rings (SSSR count). The number of ether oxygens (including phenoxy) is 2. The van der Waals surface area contributed by atoms with Gasteiger partial charge < -0.3 is 25.0 Å². The molecule has 0 atom stereocenters. The summed E-state index contributed by atoms with van der Waals surface area (Å²) in [5.74, 6) is -0.0956. The lowest BCUT2D eigenvalue weighted by Crippen LogP contribution is -2.42. The summed E-state index contributed by atoms with van der Waals surface area (Å²) in [6, 6.07) is 23.1. The lowest BCUT2D eigenvalue weighted by Gasteiger charge is -2.23. The Balaban J connectivity index is 1.64. The Morgan fingerprint density at radius 2 is 1.47 bits per heavy atom. The van der Waals surface area contributed by atoms with Crippen molar-refractivity contribution < 1.29 is 23.9 Å². The van der Waals surface area contributed by atoms with Crippen molar-refractivity contribution in [1.82, 2.24) is 10.2 Å². The zero-order chi connectivity index (χ0) is 24.3. The second-order valence-corrected chi connectivity index (χ2v) is 7.40. The minimum Gasteiger partial charge on any atom is -0.497 e. The van der Waals surface area contributed by atoms with Gasteiger partial charge in [-0.15, -0.1) is 0 Å². The van der Waals surface area contributed by atoms with Gasteiger partial charge in [0, 0.05) is 12.2 Å². The third-order valence-corrected chi connectivity index (χ3v) is 5.00. The maximum absolute atomic E-state index is 13.3. The predicted molar refractivity (Wildman–Crippen MR) is 129 cm³/mol. The second kappa shape index (κ2) is 12.1. The van der Waals surface area contributed by atoms with E-state index in [-0.39, 0.29) is 31.4 Å². The Labute approximate surface area is 198 Å². The van der Waals surface area contributed by atoms with Crippen molar-refractivity contribution in [1.29, 1.82) is 0 Å². The molecule has 0 aliphatic heterocycles. The highest BCUT2D eigenvalue weighted by molar-refractivity contribution is 5.99. The molecular weight excluding hydrogens is 434 g/mol. The molecule has 0 bridgehead atoms.